The lowest BCUT2D eigenvalue weighted by Gasteiger charge is -2.32. The molecule has 4 atom stereocenters. The molecule has 1 saturated carbocycles. The molecule has 3 aromatic carbocycles. The third-order valence-corrected chi connectivity index (χ3v) is 9.46. The van der Waals surface area contributed by atoms with Crippen molar-refractivity contribution in [3.05, 3.63) is 154 Å². The molecule has 1 nitrogen and oxygen atoms in total. The Morgan fingerprint density at radius 1 is 0.821 bits per heavy atom. The third-order valence-electron chi connectivity index (χ3n) is 9.46. The van der Waals surface area contributed by atoms with Gasteiger partial charge in [0.2, 0.25) is 0 Å². The van der Waals surface area contributed by atoms with Crippen LogP contribution < -0.4 is 5.73 Å². The van der Waals surface area contributed by atoms with Gasteiger partial charge in [0, 0.05) is 17.0 Å². The molecule has 39 heavy (non-hydrogen) atoms. The standard InChI is InChI=1S/C38H35N/c1-26-18-19-31(24-30(26)23-21-28-11-6-8-17-36(28)39)33-15-9-12-29-22-20-27-10-5-7-16-34(27)38(25-35(38)37(29)33)32-13-3-2-4-14-32/h2-13,15-23,31-32,35H,14,24-25,39H2,1H3/b22-20-,23-21-/t31?,32?,35-,38?/m0/s1. The van der Waals surface area contributed by atoms with Gasteiger partial charge in [0.05, 0.1) is 0 Å². The molecule has 3 unspecified atom stereocenters. The van der Waals surface area contributed by atoms with Gasteiger partial charge in [-0.1, -0.05) is 121 Å². The summed E-state index contributed by atoms with van der Waals surface area (Å²) in [4.78, 5) is 0. The van der Waals surface area contributed by atoms with E-state index in [4.69, 9.17) is 5.73 Å². The number of nitrogens with two attached hydrogens (primary N) is 1. The summed E-state index contributed by atoms with van der Waals surface area (Å²) in [5.74, 6) is 1.42. The second-order valence-electron chi connectivity index (χ2n) is 11.6. The van der Waals surface area contributed by atoms with E-state index in [1.54, 1.807) is 5.56 Å². The molecule has 1 heteroatoms. The van der Waals surface area contributed by atoms with Crippen LogP contribution in [0.15, 0.2) is 120 Å². The third kappa shape index (κ3) is 4.08. The van der Waals surface area contributed by atoms with Gasteiger partial charge in [-0.3, -0.25) is 0 Å². The minimum atomic E-state index is 0.158. The summed E-state index contributed by atoms with van der Waals surface area (Å²) in [5, 5.41) is 0. The number of benzene rings is 3. The van der Waals surface area contributed by atoms with E-state index in [9.17, 15) is 0 Å². The molecule has 7 rings (SSSR count). The van der Waals surface area contributed by atoms with Crippen LogP contribution in [0.3, 0.4) is 0 Å². The summed E-state index contributed by atoms with van der Waals surface area (Å²) in [6.45, 7) is 2.23. The van der Waals surface area contributed by atoms with Gasteiger partial charge in [-0.2, -0.15) is 0 Å². The minimum Gasteiger partial charge on any atom is -0.398 e. The smallest absolute Gasteiger partial charge is 0.0387 e. The maximum absolute atomic E-state index is 6.22. The summed E-state index contributed by atoms with van der Waals surface area (Å²) in [6.07, 6.45) is 26.6. The first-order valence-electron chi connectivity index (χ1n) is 14.3. The first-order valence-corrected chi connectivity index (χ1v) is 14.3. The van der Waals surface area contributed by atoms with Crippen molar-refractivity contribution in [1.82, 2.24) is 0 Å². The van der Waals surface area contributed by atoms with Crippen molar-refractivity contribution >= 4 is 23.9 Å². The number of anilines is 1. The first kappa shape index (κ1) is 24.0. The van der Waals surface area contributed by atoms with Crippen LogP contribution in [-0.4, -0.2) is 0 Å². The van der Waals surface area contributed by atoms with E-state index >= 15 is 0 Å². The maximum atomic E-state index is 6.22. The molecule has 1 fully saturated rings. The molecular weight excluding hydrogens is 470 g/mol. The molecule has 3 aromatic rings. The van der Waals surface area contributed by atoms with Crippen LogP contribution in [0.1, 0.15) is 71.4 Å². The summed E-state index contributed by atoms with van der Waals surface area (Å²) < 4.78 is 0. The van der Waals surface area contributed by atoms with Crippen LogP contribution in [-0.2, 0) is 5.41 Å². The van der Waals surface area contributed by atoms with Crippen molar-refractivity contribution in [1.29, 1.82) is 0 Å². The zero-order valence-electron chi connectivity index (χ0n) is 22.6. The molecule has 0 saturated heterocycles. The van der Waals surface area contributed by atoms with Crippen LogP contribution in [0.25, 0.3) is 18.2 Å². The van der Waals surface area contributed by atoms with Crippen LogP contribution in [0.5, 0.6) is 0 Å². The van der Waals surface area contributed by atoms with Gasteiger partial charge in [-0.05, 0) is 88.6 Å². The van der Waals surface area contributed by atoms with E-state index in [2.05, 4.69) is 116 Å². The number of hydrogen-bond acceptors (Lipinski definition) is 1. The zero-order chi connectivity index (χ0) is 26.4. The van der Waals surface area contributed by atoms with E-state index < -0.39 is 0 Å². The van der Waals surface area contributed by atoms with Gasteiger partial charge in [-0.15, -0.1) is 0 Å². The number of hydrogen-bond donors (Lipinski definition) is 1. The lowest BCUT2D eigenvalue weighted by atomic mass is 9.72. The largest absolute Gasteiger partial charge is 0.398 e. The monoisotopic (exact) mass is 505 g/mol. The summed E-state index contributed by atoms with van der Waals surface area (Å²) >= 11 is 0. The van der Waals surface area contributed by atoms with Gasteiger partial charge in [0.15, 0.2) is 0 Å². The Morgan fingerprint density at radius 3 is 2.51 bits per heavy atom. The first-order chi connectivity index (χ1) is 19.1. The summed E-state index contributed by atoms with van der Waals surface area (Å²) in [5.41, 5.74) is 18.4. The van der Waals surface area contributed by atoms with E-state index in [-0.39, 0.29) is 5.41 Å². The second-order valence-corrected chi connectivity index (χ2v) is 11.6. The number of nitrogen functional groups attached to an aromatic ring is 1. The molecule has 192 valence electrons. The molecule has 2 N–H and O–H groups in total. The fourth-order valence-electron chi connectivity index (χ4n) is 7.33. The van der Waals surface area contributed by atoms with Crippen molar-refractivity contribution in [3.63, 3.8) is 0 Å². The molecule has 0 heterocycles. The predicted octanol–water partition coefficient (Wildman–Crippen LogP) is 9.38. The quantitative estimate of drug-likeness (QED) is 0.351. The van der Waals surface area contributed by atoms with Crippen LogP contribution in [0.4, 0.5) is 5.69 Å². The van der Waals surface area contributed by atoms with Gasteiger partial charge in [0.25, 0.3) is 0 Å². The molecular formula is C38H35N. The fraction of sp³-hybridized carbons (Fsp3) is 0.211. The van der Waals surface area contributed by atoms with E-state index in [0.717, 1.165) is 24.1 Å². The lowest BCUT2D eigenvalue weighted by Crippen LogP contribution is -2.24. The zero-order valence-corrected chi connectivity index (χ0v) is 22.6. The van der Waals surface area contributed by atoms with E-state index in [0.29, 0.717) is 17.8 Å². The average molecular weight is 506 g/mol. The van der Waals surface area contributed by atoms with Crippen molar-refractivity contribution in [3.8, 4) is 0 Å². The van der Waals surface area contributed by atoms with Crippen molar-refractivity contribution in [2.75, 3.05) is 5.73 Å². The highest BCUT2D eigenvalue weighted by atomic mass is 14.6. The van der Waals surface area contributed by atoms with E-state index in [1.165, 1.54) is 39.8 Å². The van der Waals surface area contributed by atoms with Crippen molar-refractivity contribution in [2.24, 2.45) is 5.92 Å². The Bertz CT molecular complexity index is 1620. The van der Waals surface area contributed by atoms with Gasteiger partial charge >= 0.3 is 0 Å². The molecule has 4 aliphatic carbocycles. The molecule has 0 amide bonds. The molecule has 0 bridgehead atoms. The van der Waals surface area contributed by atoms with Gasteiger partial charge < -0.3 is 5.73 Å². The van der Waals surface area contributed by atoms with Gasteiger partial charge in [-0.25, -0.2) is 0 Å². The predicted molar refractivity (Wildman–Crippen MR) is 166 cm³/mol. The number of allylic oxidation sites excluding steroid dienone is 9. The lowest BCUT2D eigenvalue weighted by molar-refractivity contribution is 0.475. The molecule has 0 aromatic heterocycles. The Labute approximate surface area is 232 Å². The van der Waals surface area contributed by atoms with Crippen molar-refractivity contribution in [2.45, 2.75) is 43.4 Å². The van der Waals surface area contributed by atoms with Crippen molar-refractivity contribution < 1.29 is 0 Å². The maximum Gasteiger partial charge on any atom is 0.0387 e. The summed E-state index contributed by atoms with van der Waals surface area (Å²) in [7, 11) is 0. The highest BCUT2D eigenvalue weighted by molar-refractivity contribution is 5.78. The fourth-order valence-corrected chi connectivity index (χ4v) is 7.33. The van der Waals surface area contributed by atoms with Crippen LogP contribution in [0.2, 0.25) is 0 Å². The molecule has 0 spiro atoms. The Hall–Kier alpha value is -4.10. The molecule has 0 radical (unpaired) electrons. The summed E-state index contributed by atoms with van der Waals surface area (Å²) in [6, 6.07) is 24.2. The average Bonchev–Trinajstić information content (AvgIpc) is 3.71. The van der Waals surface area contributed by atoms with Crippen LogP contribution >= 0.6 is 0 Å². The highest BCUT2D eigenvalue weighted by Gasteiger charge is 2.61. The van der Waals surface area contributed by atoms with E-state index in [1.807, 2.05) is 18.2 Å². The second kappa shape index (κ2) is 9.58. The SMILES string of the molecule is CC1=C(/C=C\c2ccccc2N)CC(c2cccc3c2[C@@H]2CC2(C2C=CC=CC2)c2ccccc2/C=C\3)C=C1. The molecule has 4 aliphatic rings. The number of rotatable bonds is 4. The highest BCUT2D eigenvalue weighted by Crippen LogP contribution is 2.68. The van der Waals surface area contributed by atoms with Gasteiger partial charge in [0.1, 0.15) is 0 Å². The Balaban J connectivity index is 1.28. The molecule has 0 aliphatic heterocycles. The van der Waals surface area contributed by atoms with Crippen LogP contribution in [0, 0.1) is 5.92 Å². The Morgan fingerprint density at radius 2 is 1.64 bits per heavy atom. The topological polar surface area (TPSA) is 26.0 Å². The Kier molecular flexibility index (Phi) is 5.89. The number of fused-ring (bicyclic) bond motifs is 5. The normalized spacial score (nSPS) is 27.5. The minimum absolute atomic E-state index is 0.158. The number of para-hydroxylation sites is 1.